The van der Waals surface area contributed by atoms with Crippen LogP contribution in [-0.4, -0.2) is 22.1 Å². The normalized spacial score (nSPS) is 16.4. The molecule has 4 rings (SSSR count). The summed E-state index contributed by atoms with van der Waals surface area (Å²) in [6.45, 7) is 0. The van der Waals surface area contributed by atoms with Gasteiger partial charge in [-0.25, -0.2) is 0 Å². The summed E-state index contributed by atoms with van der Waals surface area (Å²) in [6, 6.07) is 12.2. The number of aromatic hydroxyl groups is 1. The van der Waals surface area contributed by atoms with E-state index in [9.17, 15) is 15.2 Å². The fourth-order valence-corrected chi connectivity index (χ4v) is 3.30. The maximum atomic E-state index is 11.8. The van der Waals surface area contributed by atoms with E-state index in [4.69, 9.17) is 4.74 Å². The van der Waals surface area contributed by atoms with Crippen molar-refractivity contribution in [3.05, 3.63) is 81.5 Å². The fourth-order valence-electron chi connectivity index (χ4n) is 3.30. The SMILES string of the molecule is CNC1=C([N+](=O)[O-])C(c2c[nH]c3ccc(O)cc23)c2ccccc2O1. The van der Waals surface area contributed by atoms with Gasteiger partial charge in [-0.1, -0.05) is 18.2 Å². The first-order valence-electron chi connectivity index (χ1n) is 7.73. The molecule has 1 atom stereocenters. The van der Waals surface area contributed by atoms with Crippen LogP contribution in [0.5, 0.6) is 11.5 Å². The minimum absolute atomic E-state index is 0.0644. The van der Waals surface area contributed by atoms with Crippen LogP contribution >= 0.6 is 0 Å². The molecule has 2 heterocycles. The minimum Gasteiger partial charge on any atom is -0.508 e. The molecule has 7 heteroatoms. The van der Waals surface area contributed by atoms with Gasteiger partial charge in [0.25, 0.3) is 5.88 Å². The third-order valence-electron chi connectivity index (χ3n) is 4.38. The van der Waals surface area contributed by atoms with Crippen LogP contribution in [-0.2, 0) is 0 Å². The van der Waals surface area contributed by atoms with Gasteiger partial charge in [0.1, 0.15) is 17.4 Å². The molecule has 1 aliphatic heterocycles. The maximum absolute atomic E-state index is 11.8. The Morgan fingerprint density at radius 3 is 2.80 bits per heavy atom. The van der Waals surface area contributed by atoms with Gasteiger partial charge in [0.05, 0.1) is 4.92 Å². The summed E-state index contributed by atoms with van der Waals surface area (Å²) in [4.78, 5) is 14.5. The lowest BCUT2D eigenvalue weighted by Gasteiger charge is -2.25. The molecule has 0 bridgehead atoms. The molecule has 0 radical (unpaired) electrons. The molecule has 1 aliphatic rings. The van der Waals surface area contributed by atoms with Crippen LogP contribution in [0.2, 0.25) is 0 Å². The van der Waals surface area contributed by atoms with E-state index < -0.39 is 10.8 Å². The first kappa shape index (κ1) is 15.1. The van der Waals surface area contributed by atoms with Gasteiger partial charge in [-0.05, 0) is 29.8 Å². The molecule has 3 N–H and O–H groups in total. The molecule has 7 nitrogen and oxygen atoms in total. The van der Waals surface area contributed by atoms with Crippen molar-refractivity contribution in [2.45, 2.75) is 5.92 Å². The number of allylic oxidation sites excluding steroid dienone is 1. The van der Waals surface area contributed by atoms with Crippen LogP contribution in [0.25, 0.3) is 10.9 Å². The Hall–Kier alpha value is -3.48. The first-order valence-corrected chi connectivity index (χ1v) is 7.73. The summed E-state index contributed by atoms with van der Waals surface area (Å²) in [5, 5.41) is 25.2. The van der Waals surface area contributed by atoms with Gasteiger partial charge < -0.3 is 20.1 Å². The highest BCUT2D eigenvalue weighted by Gasteiger charge is 2.40. The highest BCUT2D eigenvalue weighted by molar-refractivity contribution is 5.86. The maximum Gasteiger partial charge on any atom is 0.317 e. The number of phenols is 1. The third kappa shape index (κ3) is 2.28. The predicted octanol–water partition coefficient (Wildman–Crippen LogP) is 3.06. The zero-order chi connectivity index (χ0) is 17.6. The Labute approximate surface area is 142 Å². The molecule has 126 valence electrons. The Kier molecular flexibility index (Phi) is 3.35. The Bertz CT molecular complexity index is 1020. The van der Waals surface area contributed by atoms with Crippen LogP contribution in [0, 0.1) is 10.1 Å². The van der Waals surface area contributed by atoms with Crippen molar-refractivity contribution in [2.24, 2.45) is 0 Å². The van der Waals surface area contributed by atoms with Crippen molar-refractivity contribution in [2.75, 3.05) is 7.05 Å². The fraction of sp³-hybridized carbons (Fsp3) is 0.111. The smallest absolute Gasteiger partial charge is 0.317 e. The summed E-state index contributed by atoms with van der Waals surface area (Å²) in [5.74, 6) is 0.160. The van der Waals surface area contributed by atoms with Gasteiger partial charge >= 0.3 is 5.70 Å². The Morgan fingerprint density at radius 1 is 1.24 bits per heavy atom. The molecule has 0 amide bonds. The molecule has 3 aromatic rings. The second-order valence-electron chi connectivity index (χ2n) is 5.77. The topological polar surface area (TPSA) is 100 Å². The van der Waals surface area contributed by atoms with Crippen molar-refractivity contribution in [1.29, 1.82) is 0 Å². The van der Waals surface area contributed by atoms with Gasteiger partial charge in [-0.3, -0.25) is 10.1 Å². The van der Waals surface area contributed by atoms with Crippen molar-refractivity contribution < 1.29 is 14.8 Å². The highest BCUT2D eigenvalue weighted by Crippen LogP contribution is 2.44. The number of hydrogen-bond acceptors (Lipinski definition) is 5. The van der Waals surface area contributed by atoms with Gasteiger partial charge in [-0.15, -0.1) is 0 Å². The molecular formula is C18H15N3O4. The number of nitrogens with zero attached hydrogens (tertiary/aromatic N) is 1. The van der Waals surface area contributed by atoms with E-state index in [0.29, 0.717) is 16.9 Å². The lowest BCUT2D eigenvalue weighted by molar-refractivity contribution is -0.432. The van der Waals surface area contributed by atoms with E-state index in [-0.39, 0.29) is 17.3 Å². The quantitative estimate of drug-likeness (QED) is 0.504. The van der Waals surface area contributed by atoms with Crippen molar-refractivity contribution in [1.82, 2.24) is 10.3 Å². The van der Waals surface area contributed by atoms with E-state index in [1.165, 1.54) is 0 Å². The third-order valence-corrected chi connectivity index (χ3v) is 4.38. The number of para-hydroxylation sites is 1. The van der Waals surface area contributed by atoms with Crippen molar-refractivity contribution in [3.8, 4) is 11.5 Å². The highest BCUT2D eigenvalue weighted by atomic mass is 16.6. The number of benzene rings is 2. The summed E-state index contributed by atoms with van der Waals surface area (Å²) in [6.07, 6.45) is 1.74. The zero-order valence-corrected chi connectivity index (χ0v) is 13.3. The molecule has 25 heavy (non-hydrogen) atoms. The average molecular weight is 337 g/mol. The number of aromatic amines is 1. The zero-order valence-electron chi connectivity index (χ0n) is 13.3. The summed E-state index contributed by atoms with van der Waals surface area (Å²) < 4.78 is 5.69. The van der Waals surface area contributed by atoms with Crippen LogP contribution in [0.3, 0.4) is 0 Å². The first-order chi connectivity index (χ1) is 12.1. The minimum atomic E-state index is -0.627. The lowest BCUT2D eigenvalue weighted by Crippen LogP contribution is -2.27. The number of H-pyrrole nitrogens is 1. The van der Waals surface area contributed by atoms with Crippen molar-refractivity contribution >= 4 is 10.9 Å². The second-order valence-corrected chi connectivity index (χ2v) is 5.77. The van der Waals surface area contributed by atoms with E-state index in [0.717, 1.165) is 10.9 Å². The summed E-state index contributed by atoms with van der Waals surface area (Å²) in [7, 11) is 1.59. The largest absolute Gasteiger partial charge is 0.508 e. The number of rotatable bonds is 3. The molecule has 0 spiro atoms. The summed E-state index contributed by atoms with van der Waals surface area (Å²) >= 11 is 0. The lowest BCUT2D eigenvalue weighted by atomic mass is 9.86. The number of nitrogens with one attached hydrogen (secondary N) is 2. The molecule has 0 saturated carbocycles. The van der Waals surface area contributed by atoms with E-state index in [1.54, 1.807) is 37.5 Å². The molecule has 2 aromatic carbocycles. The number of aromatic nitrogens is 1. The van der Waals surface area contributed by atoms with Crippen LogP contribution in [0.4, 0.5) is 0 Å². The van der Waals surface area contributed by atoms with Gasteiger partial charge in [0, 0.05) is 29.7 Å². The second kappa shape index (κ2) is 5.55. The van der Waals surface area contributed by atoms with Crippen molar-refractivity contribution in [3.63, 3.8) is 0 Å². The van der Waals surface area contributed by atoms with Gasteiger partial charge in [0.15, 0.2) is 0 Å². The number of hydrogen-bond donors (Lipinski definition) is 3. The van der Waals surface area contributed by atoms with Crippen LogP contribution < -0.4 is 10.1 Å². The Balaban J connectivity index is 2.03. The van der Waals surface area contributed by atoms with Crippen LogP contribution in [0.15, 0.2) is 60.2 Å². The Morgan fingerprint density at radius 2 is 2.04 bits per heavy atom. The average Bonchev–Trinajstić information content (AvgIpc) is 3.02. The molecule has 1 aromatic heterocycles. The molecule has 0 saturated heterocycles. The van der Waals surface area contributed by atoms with Gasteiger partial charge in [-0.2, -0.15) is 0 Å². The van der Waals surface area contributed by atoms with E-state index in [2.05, 4.69) is 10.3 Å². The molecule has 0 aliphatic carbocycles. The van der Waals surface area contributed by atoms with E-state index >= 15 is 0 Å². The molecule has 0 fully saturated rings. The molecule has 1 unspecified atom stereocenters. The number of ether oxygens (including phenoxy) is 1. The predicted molar refractivity (Wildman–Crippen MR) is 92.0 cm³/mol. The number of fused-ring (bicyclic) bond motifs is 2. The monoisotopic (exact) mass is 337 g/mol. The standard InChI is InChI=1S/C18H15N3O4/c1-19-18-17(21(23)24)16(11-4-2-3-5-15(11)25-18)13-9-20-14-7-6-10(22)8-12(13)14/h2-9,16,19-20,22H,1H3. The molecular weight excluding hydrogens is 322 g/mol. The number of phenolic OH excluding ortho intramolecular Hbond substituents is 1. The van der Waals surface area contributed by atoms with Gasteiger partial charge in [0.2, 0.25) is 0 Å². The number of nitro groups is 1. The van der Waals surface area contributed by atoms with E-state index in [1.807, 2.05) is 18.2 Å². The summed E-state index contributed by atoms with van der Waals surface area (Å²) in [5.41, 5.74) is 2.15. The van der Waals surface area contributed by atoms with Crippen LogP contribution in [0.1, 0.15) is 17.0 Å².